The fraction of sp³-hybridized carbons (Fsp3) is 0.400. The zero-order valence-electron chi connectivity index (χ0n) is 15.9. The van der Waals surface area contributed by atoms with Gasteiger partial charge in [-0.2, -0.15) is 0 Å². The standard InChI is InChI=1S/C20H26N2O4S/c1-15-10-12-22(13-11-15)17-6-4-16(5-7-17)21-27(23,24)20-9-8-18(25-2)14-19(20)26-3/h4-9,14-15,21H,10-13H2,1-3H3. The van der Waals surface area contributed by atoms with E-state index in [9.17, 15) is 8.42 Å². The number of sulfonamides is 1. The SMILES string of the molecule is COc1ccc(S(=O)(=O)Nc2ccc(N3CCC(C)CC3)cc2)c(OC)c1. The minimum atomic E-state index is -3.77. The lowest BCUT2D eigenvalue weighted by molar-refractivity contribution is 0.386. The van der Waals surface area contributed by atoms with Crippen LogP contribution in [-0.2, 0) is 10.0 Å². The maximum atomic E-state index is 12.8. The highest BCUT2D eigenvalue weighted by atomic mass is 32.2. The summed E-state index contributed by atoms with van der Waals surface area (Å²) < 4.78 is 38.5. The van der Waals surface area contributed by atoms with Crippen LogP contribution in [0.1, 0.15) is 19.8 Å². The van der Waals surface area contributed by atoms with Gasteiger partial charge >= 0.3 is 0 Å². The molecule has 1 aliphatic heterocycles. The number of nitrogens with one attached hydrogen (secondary N) is 1. The van der Waals surface area contributed by atoms with Crippen molar-refractivity contribution in [2.75, 3.05) is 36.9 Å². The first-order valence-corrected chi connectivity index (χ1v) is 10.5. The second-order valence-corrected chi connectivity index (χ2v) is 8.49. The van der Waals surface area contributed by atoms with E-state index in [-0.39, 0.29) is 10.6 Å². The van der Waals surface area contributed by atoms with Gasteiger partial charge in [-0.1, -0.05) is 6.92 Å². The highest BCUT2D eigenvalue weighted by Gasteiger charge is 2.21. The van der Waals surface area contributed by atoms with Gasteiger partial charge in [-0.15, -0.1) is 0 Å². The van der Waals surface area contributed by atoms with Gasteiger partial charge in [0.1, 0.15) is 16.4 Å². The summed E-state index contributed by atoms with van der Waals surface area (Å²) in [5.74, 6) is 1.54. The van der Waals surface area contributed by atoms with E-state index in [1.165, 1.54) is 33.1 Å². The Kier molecular flexibility index (Phi) is 5.79. The zero-order valence-corrected chi connectivity index (χ0v) is 16.8. The Morgan fingerprint density at radius 2 is 1.67 bits per heavy atom. The van der Waals surface area contributed by atoms with E-state index in [4.69, 9.17) is 9.47 Å². The molecule has 3 rings (SSSR count). The number of hydrogen-bond acceptors (Lipinski definition) is 5. The van der Waals surface area contributed by atoms with Gasteiger partial charge in [-0.05, 0) is 55.2 Å². The highest BCUT2D eigenvalue weighted by Crippen LogP contribution is 2.30. The largest absolute Gasteiger partial charge is 0.497 e. The molecule has 2 aromatic carbocycles. The third-order valence-corrected chi connectivity index (χ3v) is 6.35. The molecule has 0 atom stereocenters. The van der Waals surface area contributed by atoms with Gasteiger partial charge in [0.05, 0.1) is 14.2 Å². The molecule has 0 saturated carbocycles. The maximum absolute atomic E-state index is 12.8. The first kappa shape index (κ1) is 19.4. The van der Waals surface area contributed by atoms with Crippen molar-refractivity contribution in [3.8, 4) is 11.5 Å². The van der Waals surface area contributed by atoms with Crippen LogP contribution in [0.15, 0.2) is 47.4 Å². The molecular formula is C20H26N2O4S. The quantitative estimate of drug-likeness (QED) is 0.814. The van der Waals surface area contributed by atoms with Crippen molar-refractivity contribution in [1.29, 1.82) is 0 Å². The zero-order chi connectivity index (χ0) is 19.4. The normalized spacial score (nSPS) is 15.4. The Hall–Kier alpha value is -2.41. The summed E-state index contributed by atoms with van der Waals surface area (Å²) in [5, 5.41) is 0. The molecule has 0 aromatic heterocycles. The molecule has 0 unspecified atom stereocenters. The Labute approximate surface area is 161 Å². The molecule has 1 saturated heterocycles. The molecule has 1 heterocycles. The lowest BCUT2D eigenvalue weighted by Crippen LogP contribution is -2.32. The molecule has 0 aliphatic carbocycles. The van der Waals surface area contributed by atoms with Crippen LogP contribution in [0.5, 0.6) is 11.5 Å². The minimum Gasteiger partial charge on any atom is -0.497 e. The second kappa shape index (κ2) is 8.08. The number of piperidine rings is 1. The number of nitrogens with zero attached hydrogens (tertiary/aromatic N) is 1. The Morgan fingerprint density at radius 1 is 1.00 bits per heavy atom. The smallest absolute Gasteiger partial charge is 0.265 e. The number of anilines is 2. The number of hydrogen-bond donors (Lipinski definition) is 1. The van der Waals surface area contributed by atoms with Crippen LogP contribution in [0.4, 0.5) is 11.4 Å². The molecule has 0 spiro atoms. The first-order valence-electron chi connectivity index (χ1n) is 9.03. The van der Waals surface area contributed by atoms with E-state index >= 15 is 0 Å². The lowest BCUT2D eigenvalue weighted by atomic mass is 9.99. The van der Waals surface area contributed by atoms with E-state index < -0.39 is 10.0 Å². The summed E-state index contributed by atoms with van der Waals surface area (Å²) >= 11 is 0. The van der Waals surface area contributed by atoms with Crippen LogP contribution >= 0.6 is 0 Å². The van der Waals surface area contributed by atoms with Crippen molar-refractivity contribution in [1.82, 2.24) is 0 Å². The molecule has 0 bridgehead atoms. The Bertz CT molecular complexity index is 873. The average Bonchev–Trinajstić information content (AvgIpc) is 2.68. The van der Waals surface area contributed by atoms with Crippen LogP contribution in [0.3, 0.4) is 0 Å². The number of benzene rings is 2. The van der Waals surface area contributed by atoms with E-state index in [0.717, 1.165) is 24.7 Å². The van der Waals surface area contributed by atoms with E-state index in [2.05, 4.69) is 16.5 Å². The molecule has 1 aliphatic rings. The van der Waals surface area contributed by atoms with Crippen molar-refractivity contribution >= 4 is 21.4 Å². The van der Waals surface area contributed by atoms with E-state index in [1.807, 2.05) is 12.1 Å². The van der Waals surface area contributed by atoms with Gasteiger partial charge in [0.25, 0.3) is 10.0 Å². The Morgan fingerprint density at radius 3 is 2.26 bits per heavy atom. The third-order valence-electron chi connectivity index (χ3n) is 4.93. The fourth-order valence-electron chi connectivity index (χ4n) is 3.21. The Balaban J connectivity index is 1.76. The van der Waals surface area contributed by atoms with E-state index in [1.54, 1.807) is 24.3 Å². The summed E-state index contributed by atoms with van der Waals surface area (Å²) in [4.78, 5) is 2.41. The maximum Gasteiger partial charge on any atom is 0.265 e. The van der Waals surface area contributed by atoms with Crippen molar-refractivity contribution in [3.05, 3.63) is 42.5 Å². The van der Waals surface area contributed by atoms with Gasteiger partial charge in [0, 0.05) is 30.5 Å². The summed E-state index contributed by atoms with van der Waals surface area (Å²) in [6, 6.07) is 12.1. The second-order valence-electron chi connectivity index (χ2n) is 6.84. The van der Waals surface area contributed by atoms with Gasteiger partial charge in [-0.25, -0.2) is 8.42 Å². The van der Waals surface area contributed by atoms with Crippen LogP contribution in [-0.4, -0.2) is 35.7 Å². The third kappa shape index (κ3) is 4.47. The first-order chi connectivity index (χ1) is 12.9. The van der Waals surface area contributed by atoms with Gasteiger partial charge in [0.15, 0.2) is 0 Å². The van der Waals surface area contributed by atoms with Crippen molar-refractivity contribution in [3.63, 3.8) is 0 Å². The summed E-state index contributed by atoms with van der Waals surface area (Å²) in [6.45, 7) is 4.35. The van der Waals surface area contributed by atoms with Gasteiger partial charge in [-0.3, -0.25) is 4.72 Å². The molecule has 0 amide bonds. The molecule has 1 fully saturated rings. The predicted molar refractivity (Wildman–Crippen MR) is 107 cm³/mol. The monoisotopic (exact) mass is 390 g/mol. The fourth-order valence-corrected chi connectivity index (χ4v) is 4.42. The summed E-state index contributed by atoms with van der Waals surface area (Å²) in [5.41, 5.74) is 1.63. The lowest BCUT2D eigenvalue weighted by Gasteiger charge is -2.32. The van der Waals surface area contributed by atoms with Crippen LogP contribution in [0.25, 0.3) is 0 Å². The van der Waals surface area contributed by atoms with Crippen LogP contribution < -0.4 is 19.1 Å². The van der Waals surface area contributed by atoms with Crippen molar-refractivity contribution in [2.45, 2.75) is 24.7 Å². The molecule has 6 nitrogen and oxygen atoms in total. The molecule has 27 heavy (non-hydrogen) atoms. The molecular weight excluding hydrogens is 364 g/mol. The molecule has 2 aromatic rings. The molecule has 146 valence electrons. The average molecular weight is 391 g/mol. The van der Waals surface area contributed by atoms with Crippen molar-refractivity contribution < 1.29 is 17.9 Å². The number of methoxy groups -OCH3 is 2. The molecule has 0 radical (unpaired) electrons. The molecule has 1 N–H and O–H groups in total. The molecule has 7 heteroatoms. The minimum absolute atomic E-state index is 0.0693. The highest BCUT2D eigenvalue weighted by molar-refractivity contribution is 7.92. The van der Waals surface area contributed by atoms with E-state index in [0.29, 0.717) is 11.4 Å². The number of rotatable bonds is 6. The van der Waals surface area contributed by atoms with Gasteiger partial charge in [0.2, 0.25) is 0 Å². The van der Waals surface area contributed by atoms with Gasteiger partial charge < -0.3 is 14.4 Å². The van der Waals surface area contributed by atoms with Crippen molar-refractivity contribution in [2.24, 2.45) is 5.92 Å². The predicted octanol–water partition coefficient (Wildman–Crippen LogP) is 3.74. The summed E-state index contributed by atoms with van der Waals surface area (Å²) in [6.07, 6.45) is 2.37. The topological polar surface area (TPSA) is 67.9 Å². The number of ether oxygens (including phenoxy) is 2. The van der Waals surface area contributed by atoms with Crippen LogP contribution in [0, 0.1) is 5.92 Å². The van der Waals surface area contributed by atoms with Crippen LogP contribution in [0.2, 0.25) is 0 Å². The summed E-state index contributed by atoms with van der Waals surface area (Å²) in [7, 11) is -0.818.